The van der Waals surface area contributed by atoms with Crippen molar-refractivity contribution >= 4 is 16.9 Å². The Morgan fingerprint density at radius 1 is 1.03 bits per heavy atom. The van der Waals surface area contributed by atoms with Gasteiger partial charge in [-0.3, -0.25) is 9.36 Å². The molecule has 0 fully saturated rings. The molecule has 164 valence electrons. The molecule has 0 saturated carbocycles. The van der Waals surface area contributed by atoms with Gasteiger partial charge >= 0.3 is 0 Å². The van der Waals surface area contributed by atoms with Crippen LogP contribution in [0.5, 0.6) is 28.7 Å². The van der Waals surface area contributed by atoms with Crippen molar-refractivity contribution in [3.8, 4) is 40.1 Å². The van der Waals surface area contributed by atoms with Crippen LogP contribution < -0.4 is 23.7 Å². The summed E-state index contributed by atoms with van der Waals surface area (Å²) in [5, 5.41) is 0.591. The van der Waals surface area contributed by atoms with Crippen LogP contribution in [0.15, 0.2) is 47.4 Å². The number of hydrogen-bond donors (Lipinski definition) is 0. The molecule has 0 spiro atoms. The molecule has 1 aliphatic rings. The fraction of sp³-hybridized carbons (Fsp3) is 0.217. The highest BCUT2D eigenvalue weighted by Gasteiger charge is 2.34. The molecule has 9 heteroatoms. The van der Waals surface area contributed by atoms with Crippen molar-refractivity contribution in [1.29, 1.82) is 0 Å². The number of benzene rings is 2. The minimum absolute atomic E-state index is 0.0311. The molecule has 1 aliphatic heterocycles. The summed E-state index contributed by atoms with van der Waals surface area (Å²) in [6, 6.07) is 7.37. The number of methoxy groups -OCH3 is 3. The molecule has 32 heavy (non-hydrogen) atoms. The Kier molecular flexibility index (Phi) is 4.85. The van der Waals surface area contributed by atoms with Gasteiger partial charge in [0.25, 0.3) is 0 Å². The Hall–Kier alpha value is -4.14. The van der Waals surface area contributed by atoms with Gasteiger partial charge in [0.05, 0.1) is 33.1 Å². The zero-order chi connectivity index (χ0) is 22.2. The maximum absolute atomic E-state index is 13.0. The Bertz CT molecular complexity index is 1290. The summed E-state index contributed by atoms with van der Waals surface area (Å²) in [6.07, 6.45) is 4.65. The van der Waals surface area contributed by atoms with E-state index < -0.39 is 0 Å². The fourth-order valence-electron chi connectivity index (χ4n) is 3.87. The molecule has 3 heterocycles. The van der Waals surface area contributed by atoms with Gasteiger partial charge in [-0.05, 0) is 24.3 Å². The lowest BCUT2D eigenvalue weighted by Gasteiger charge is -2.11. The Morgan fingerprint density at radius 3 is 2.38 bits per heavy atom. The number of aromatic nitrogens is 2. The maximum atomic E-state index is 13.0. The van der Waals surface area contributed by atoms with Gasteiger partial charge in [0.15, 0.2) is 11.3 Å². The van der Waals surface area contributed by atoms with Crippen molar-refractivity contribution in [2.24, 2.45) is 0 Å². The number of hydrogen-bond acceptors (Lipinski definition) is 8. The molecule has 0 unspecified atom stereocenters. The van der Waals surface area contributed by atoms with Crippen LogP contribution >= 0.6 is 0 Å². The quantitative estimate of drug-likeness (QED) is 0.449. The lowest BCUT2D eigenvalue weighted by molar-refractivity contribution is 0.0914. The lowest BCUT2D eigenvalue weighted by atomic mass is 10.0. The zero-order valence-corrected chi connectivity index (χ0v) is 17.7. The highest BCUT2D eigenvalue weighted by molar-refractivity contribution is 6.03. The predicted molar refractivity (Wildman–Crippen MR) is 114 cm³/mol. The third-order valence-electron chi connectivity index (χ3n) is 5.35. The molecule has 0 saturated heterocycles. The van der Waals surface area contributed by atoms with Crippen LogP contribution in [-0.4, -0.2) is 43.6 Å². The molecular formula is C23H20N2O7. The van der Waals surface area contributed by atoms with E-state index in [2.05, 4.69) is 4.98 Å². The van der Waals surface area contributed by atoms with Crippen molar-refractivity contribution in [2.75, 3.05) is 28.1 Å². The second-order valence-electron chi connectivity index (χ2n) is 7.01. The lowest BCUT2D eigenvalue weighted by Crippen LogP contribution is -2.11. The molecule has 5 rings (SSSR count). The zero-order valence-electron chi connectivity index (χ0n) is 17.7. The van der Waals surface area contributed by atoms with Gasteiger partial charge in [-0.15, -0.1) is 0 Å². The molecule has 2 aromatic heterocycles. The average molecular weight is 436 g/mol. The highest BCUT2D eigenvalue weighted by Crippen LogP contribution is 2.56. The van der Waals surface area contributed by atoms with Gasteiger partial charge in [-0.25, -0.2) is 4.98 Å². The van der Waals surface area contributed by atoms with Crippen molar-refractivity contribution in [1.82, 2.24) is 9.55 Å². The van der Waals surface area contributed by atoms with Crippen LogP contribution in [0.25, 0.3) is 22.3 Å². The number of rotatable bonds is 6. The summed E-state index contributed by atoms with van der Waals surface area (Å²) >= 11 is 0. The number of fused-ring (bicyclic) bond motifs is 2. The van der Waals surface area contributed by atoms with E-state index in [-0.39, 0.29) is 19.1 Å². The fourth-order valence-corrected chi connectivity index (χ4v) is 3.87. The van der Waals surface area contributed by atoms with E-state index in [0.29, 0.717) is 51.0 Å². The number of imidazole rings is 1. The van der Waals surface area contributed by atoms with Crippen LogP contribution in [-0.2, 0) is 6.42 Å². The second kappa shape index (κ2) is 7.84. The van der Waals surface area contributed by atoms with E-state index in [1.807, 2.05) is 24.3 Å². The smallest absolute Gasteiger partial charge is 0.236 e. The van der Waals surface area contributed by atoms with Crippen LogP contribution in [0.2, 0.25) is 0 Å². The standard InChI is InChI=1S/C23H20N2O7/c1-27-14-6-4-13(5-7-14)18-15(10-16(26)25-9-8-24-11-25)17-19(28-2)22-23(31-12-30-22)21(29-3)20(17)32-18/h4-9,11H,10,12H2,1-3H3. The van der Waals surface area contributed by atoms with Crippen LogP contribution in [0, 0.1) is 0 Å². The molecular weight excluding hydrogens is 416 g/mol. The largest absolute Gasteiger partial charge is 0.497 e. The topological polar surface area (TPSA) is 94.2 Å². The normalized spacial score (nSPS) is 12.2. The number of ether oxygens (including phenoxy) is 5. The minimum Gasteiger partial charge on any atom is -0.497 e. The molecule has 0 aliphatic carbocycles. The molecule has 2 aromatic carbocycles. The average Bonchev–Trinajstić information content (AvgIpc) is 3.58. The van der Waals surface area contributed by atoms with Gasteiger partial charge in [0.2, 0.25) is 29.9 Å². The first-order chi connectivity index (χ1) is 15.7. The first kappa shape index (κ1) is 19.8. The van der Waals surface area contributed by atoms with Gasteiger partial charge in [-0.2, -0.15) is 0 Å². The summed E-state index contributed by atoms with van der Waals surface area (Å²) in [7, 11) is 4.66. The van der Waals surface area contributed by atoms with E-state index in [9.17, 15) is 4.79 Å². The van der Waals surface area contributed by atoms with E-state index in [1.165, 1.54) is 25.1 Å². The Morgan fingerprint density at radius 2 is 1.75 bits per heavy atom. The molecule has 4 aromatic rings. The number of furan rings is 1. The minimum atomic E-state index is -0.182. The van der Waals surface area contributed by atoms with Crippen molar-refractivity contribution in [3.05, 3.63) is 48.5 Å². The van der Waals surface area contributed by atoms with Crippen LogP contribution in [0.3, 0.4) is 0 Å². The number of carbonyl (C=O) groups is 1. The van der Waals surface area contributed by atoms with Crippen LogP contribution in [0.4, 0.5) is 0 Å². The summed E-state index contributed by atoms with van der Waals surface area (Å²) in [5.41, 5.74) is 1.81. The van der Waals surface area contributed by atoms with E-state index in [1.54, 1.807) is 19.5 Å². The van der Waals surface area contributed by atoms with Crippen molar-refractivity contribution < 1.29 is 32.9 Å². The monoisotopic (exact) mass is 436 g/mol. The molecule has 9 nitrogen and oxygen atoms in total. The molecule has 0 radical (unpaired) electrons. The van der Waals surface area contributed by atoms with Crippen molar-refractivity contribution in [3.63, 3.8) is 0 Å². The van der Waals surface area contributed by atoms with E-state index >= 15 is 0 Å². The van der Waals surface area contributed by atoms with Gasteiger partial charge in [-0.1, -0.05) is 0 Å². The summed E-state index contributed by atoms with van der Waals surface area (Å²) in [6.45, 7) is 0.0311. The number of carbonyl (C=O) groups excluding carboxylic acids is 1. The Labute approximate surface area is 183 Å². The van der Waals surface area contributed by atoms with Crippen molar-refractivity contribution in [2.45, 2.75) is 6.42 Å². The SMILES string of the molecule is COc1ccc(-c2oc3c(OC)c4c(c(OC)c3c2CC(=O)n2ccnc2)OCO4)cc1. The molecule has 0 N–H and O–H groups in total. The summed E-state index contributed by atoms with van der Waals surface area (Å²) < 4.78 is 35.6. The first-order valence-corrected chi connectivity index (χ1v) is 9.80. The molecule has 0 bridgehead atoms. The van der Waals surface area contributed by atoms with Gasteiger partial charge in [0, 0.05) is 23.5 Å². The number of nitrogens with zero attached hydrogens (tertiary/aromatic N) is 2. The van der Waals surface area contributed by atoms with E-state index in [4.69, 9.17) is 28.1 Å². The van der Waals surface area contributed by atoms with Gasteiger partial charge in [0.1, 0.15) is 17.8 Å². The van der Waals surface area contributed by atoms with E-state index in [0.717, 1.165) is 5.56 Å². The summed E-state index contributed by atoms with van der Waals surface area (Å²) in [4.78, 5) is 17.0. The second-order valence-corrected chi connectivity index (χ2v) is 7.01. The third kappa shape index (κ3) is 3.01. The Balaban J connectivity index is 1.78. The maximum Gasteiger partial charge on any atom is 0.236 e. The molecule has 0 amide bonds. The summed E-state index contributed by atoms with van der Waals surface area (Å²) in [5.74, 6) is 2.65. The van der Waals surface area contributed by atoms with Gasteiger partial charge < -0.3 is 28.1 Å². The first-order valence-electron chi connectivity index (χ1n) is 9.80. The predicted octanol–water partition coefficient (Wildman–Crippen LogP) is 3.93. The molecule has 0 atom stereocenters. The highest BCUT2D eigenvalue weighted by atomic mass is 16.7. The van der Waals surface area contributed by atoms with Crippen LogP contribution in [0.1, 0.15) is 10.4 Å². The third-order valence-corrected chi connectivity index (χ3v) is 5.35.